The second-order valence-corrected chi connectivity index (χ2v) is 3.05. The van der Waals surface area contributed by atoms with Crippen molar-refractivity contribution in [2.24, 2.45) is 5.73 Å². The van der Waals surface area contributed by atoms with Gasteiger partial charge in [-0.3, -0.25) is 9.59 Å². The number of amides is 1. The molecule has 7 heteroatoms. The highest BCUT2D eigenvalue weighted by atomic mass is 16.4. The second-order valence-electron chi connectivity index (χ2n) is 3.05. The minimum absolute atomic E-state index is 0.0510. The van der Waals surface area contributed by atoms with Gasteiger partial charge in [0.1, 0.15) is 6.54 Å². The standard InChI is InChI=1S/C9H12N4O3/c1-2-13(5-8(14)15)7-4-3-6(9(10)16)11-12-7/h3-4H,2,5H2,1H3,(H2,10,16)(H,14,15). The number of carboxylic acids is 1. The first-order chi connectivity index (χ1) is 7.54. The minimum atomic E-state index is -0.956. The summed E-state index contributed by atoms with van der Waals surface area (Å²) in [4.78, 5) is 22.8. The van der Waals surface area contributed by atoms with E-state index in [0.717, 1.165) is 0 Å². The Hall–Kier alpha value is -2.18. The van der Waals surface area contributed by atoms with Crippen molar-refractivity contribution in [3.8, 4) is 0 Å². The number of nitrogens with two attached hydrogens (primary N) is 1. The van der Waals surface area contributed by atoms with E-state index >= 15 is 0 Å². The van der Waals surface area contributed by atoms with Crippen LogP contribution in [0.3, 0.4) is 0 Å². The summed E-state index contributed by atoms with van der Waals surface area (Å²) in [5.41, 5.74) is 5.06. The number of primary amides is 1. The predicted octanol–water partition coefficient (Wildman–Crippen LogP) is -0.514. The first-order valence-corrected chi connectivity index (χ1v) is 4.65. The van der Waals surface area contributed by atoms with Gasteiger partial charge in [-0.25, -0.2) is 0 Å². The van der Waals surface area contributed by atoms with Crippen LogP contribution in [0.15, 0.2) is 12.1 Å². The van der Waals surface area contributed by atoms with Crippen LogP contribution in [0.25, 0.3) is 0 Å². The average molecular weight is 224 g/mol. The van der Waals surface area contributed by atoms with Crippen molar-refractivity contribution >= 4 is 17.7 Å². The van der Waals surface area contributed by atoms with Gasteiger partial charge in [-0.2, -0.15) is 0 Å². The van der Waals surface area contributed by atoms with Crippen LogP contribution in [0.2, 0.25) is 0 Å². The number of aromatic nitrogens is 2. The average Bonchev–Trinajstić information content (AvgIpc) is 2.25. The van der Waals surface area contributed by atoms with Gasteiger partial charge in [0.05, 0.1) is 0 Å². The van der Waals surface area contributed by atoms with E-state index in [-0.39, 0.29) is 12.2 Å². The molecule has 1 aromatic heterocycles. The Balaban J connectivity index is 2.86. The molecule has 0 aliphatic rings. The van der Waals surface area contributed by atoms with Gasteiger partial charge in [-0.15, -0.1) is 10.2 Å². The van der Waals surface area contributed by atoms with Crippen LogP contribution in [0.1, 0.15) is 17.4 Å². The van der Waals surface area contributed by atoms with Crippen LogP contribution in [-0.4, -0.2) is 40.3 Å². The van der Waals surface area contributed by atoms with Crippen molar-refractivity contribution in [2.45, 2.75) is 6.92 Å². The van der Waals surface area contributed by atoms with Crippen LogP contribution in [0, 0.1) is 0 Å². The molecule has 16 heavy (non-hydrogen) atoms. The number of carbonyl (C=O) groups is 2. The third kappa shape index (κ3) is 2.91. The van der Waals surface area contributed by atoms with Gasteiger partial charge >= 0.3 is 5.97 Å². The molecule has 0 saturated heterocycles. The highest BCUT2D eigenvalue weighted by Gasteiger charge is 2.11. The summed E-state index contributed by atoms with van der Waals surface area (Å²) in [6, 6.07) is 2.93. The molecule has 0 aromatic carbocycles. The molecular formula is C9H12N4O3. The molecule has 1 rings (SSSR count). The van der Waals surface area contributed by atoms with E-state index in [1.165, 1.54) is 17.0 Å². The summed E-state index contributed by atoms with van der Waals surface area (Å²) in [6.07, 6.45) is 0. The van der Waals surface area contributed by atoms with Crippen LogP contribution in [-0.2, 0) is 4.79 Å². The molecule has 1 aromatic rings. The van der Waals surface area contributed by atoms with Gasteiger partial charge in [0.2, 0.25) is 0 Å². The van der Waals surface area contributed by atoms with E-state index in [1.807, 2.05) is 0 Å². The molecule has 0 atom stereocenters. The summed E-state index contributed by atoms with van der Waals surface area (Å²) in [6.45, 7) is 2.12. The molecular weight excluding hydrogens is 212 g/mol. The Morgan fingerprint density at radius 3 is 2.50 bits per heavy atom. The molecule has 0 unspecified atom stereocenters. The Labute approximate surface area is 91.9 Å². The molecule has 1 amide bonds. The SMILES string of the molecule is CCN(CC(=O)O)c1ccc(C(N)=O)nn1. The van der Waals surface area contributed by atoms with Gasteiger partial charge in [-0.05, 0) is 19.1 Å². The molecule has 0 spiro atoms. The summed E-state index contributed by atoms with van der Waals surface area (Å²) in [7, 11) is 0. The summed E-state index contributed by atoms with van der Waals surface area (Å²) in [5, 5.41) is 16.0. The Morgan fingerprint density at radius 1 is 1.44 bits per heavy atom. The zero-order valence-corrected chi connectivity index (χ0v) is 8.75. The smallest absolute Gasteiger partial charge is 0.323 e. The lowest BCUT2D eigenvalue weighted by atomic mass is 10.3. The van der Waals surface area contributed by atoms with E-state index in [9.17, 15) is 9.59 Å². The number of carbonyl (C=O) groups excluding carboxylic acids is 1. The van der Waals surface area contributed by atoms with Crippen LogP contribution >= 0.6 is 0 Å². The monoisotopic (exact) mass is 224 g/mol. The van der Waals surface area contributed by atoms with Crippen LogP contribution < -0.4 is 10.6 Å². The lowest BCUT2D eigenvalue weighted by Gasteiger charge is -2.18. The number of hydrogen-bond donors (Lipinski definition) is 2. The quantitative estimate of drug-likeness (QED) is 0.696. The van der Waals surface area contributed by atoms with Crippen molar-refractivity contribution in [2.75, 3.05) is 18.0 Å². The minimum Gasteiger partial charge on any atom is -0.480 e. The number of aliphatic carboxylic acids is 1. The second kappa shape index (κ2) is 5.06. The molecule has 0 saturated carbocycles. The zero-order valence-electron chi connectivity index (χ0n) is 8.75. The van der Waals surface area contributed by atoms with Crippen molar-refractivity contribution in [3.63, 3.8) is 0 Å². The maximum absolute atomic E-state index is 10.7. The third-order valence-electron chi connectivity index (χ3n) is 1.93. The van der Waals surface area contributed by atoms with Gasteiger partial charge in [0.15, 0.2) is 11.5 Å². The molecule has 0 aliphatic heterocycles. The molecule has 0 radical (unpaired) electrons. The number of hydrogen-bond acceptors (Lipinski definition) is 5. The predicted molar refractivity (Wildman–Crippen MR) is 56.1 cm³/mol. The van der Waals surface area contributed by atoms with Gasteiger partial charge in [-0.1, -0.05) is 0 Å². The third-order valence-corrected chi connectivity index (χ3v) is 1.93. The number of anilines is 1. The fourth-order valence-electron chi connectivity index (χ4n) is 1.14. The fourth-order valence-corrected chi connectivity index (χ4v) is 1.14. The van der Waals surface area contributed by atoms with E-state index in [0.29, 0.717) is 12.4 Å². The molecule has 0 fully saturated rings. The van der Waals surface area contributed by atoms with Crippen LogP contribution in [0.5, 0.6) is 0 Å². The van der Waals surface area contributed by atoms with E-state index in [2.05, 4.69) is 10.2 Å². The largest absolute Gasteiger partial charge is 0.480 e. The summed E-state index contributed by atoms with van der Waals surface area (Å²) in [5.74, 6) is -1.22. The Bertz CT molecular complexity index is 390. The lowest BCUT2D eigenvalue weighted by molar-refractivity contribution is -0.135. The number of nitrogens with zero attached hydrogens (tertiary/aromatic N) is 3. The molecule has 86 valence electrons. The van der Waals surface area contributed by atoms with Crippen molar-refractivity contribution in [3.05, 3.63) is 17.8 Å². The topological polar surface area (TPSA) is 109 Å². The number of likely N-dealkylation sites (N-methyl/N-ethyl adjacent to an activating group) is 1. The molecule has 3 N–H and O–H groups in total. The van der Waals surface area contributed by atoms with Gasteiger partial charge in [0.25, 0.3) is 5.91 Å². The maximum Gasteiger partial charge on any atom is 0.323 e. The molecule has 0 bridgehead atoms. The van der Waals surface area contributed by atoms with Crippen molar-refractivity contribution in [1.82, 2.24) is 10.2 Å². The fraction of sp³-hybridized carbons (Fsp3) is 0.333. The maximum atomic E-state index is 10.7. The first-order valence-electron chi connectivity index (χ1n) is 4.65. The molecule has 1 heterocycles. The van der Waals surface area contributed by atoms with E-state index in [4.69, 9.17) is 10.8 Å². The summed E-state index contributed by atoms with van der Waals surface area (Å²) < 4.78 is 0. The highest BCUT2D eigenvalue weighted by Crippen LogP contribution is 2.08. The Kier molecular flexibility index (Phi) is 3.76. The number of carboxylic acid groups (broad SMARTS) is 1. The summed E-state index contributed by atoms with van der Waals surface area (Å²) >= 11 is 0. The normalized spacial score (nSPS) is 9.81. The lowest BCUT2D eigenvalue weighted by Crippen LogP contribution is -2.30. The highest BCUT2D eigenvalue weighted by molar-refractivity contribution is 5.90. The van der Waals surface area contributed by atoms with Gasteiger partial charge < -0.3 is 15.7 Å². The van der Waals surface area contributed by atoms with Crippen molar-refractivity contribution in [1.29, 1.82) is 0 Å². The van der Waals surface area contributed by atoms with E-state index in [1.54, 1.807) is 6.92 Å². The number of rotatable bonds is 5. The van der Waals surface area contributed by atoms with Gasteiger partial charge in [0, 0.05) is 6.54 Å². The zero-order chi connectivity index (χ0) is 12.1. The molecule has 0 aliphatic carbocycles. The molecule has 7 nitrogen and oxygen atoms in total. The first kappa shape index (κ1) is 11.9. The Morgan fingerprint density at radius 2 is 2.12 bits per heavy atom. The van der Waals surface area contributed by atoms with Crippen molar-refractivity contribution < 1.29 is 14.7 Å². The van der Waals surface area contributed by atoms with Crippen LogP contribution in [0.4, 0.5) is 5.82 Å². The van der Waals surface area contributed by atoms with E-state index < -0.39 is 11.9 Å².